The summed E-state index contributed by atoms with van der Waals surface area (Å²) in [5.41, 5.74) is 0.217. The molecule has 0 aromatic heterocycles. The monoisotopic (exact) mass is 341 g/mol. The highest BCUT2D eigenvalue weighted by atomic mass is 32.2. The number of hydrogen-bond donors (Lipinski definition) is 1. The van der Waals surface area contributed by atoms with E-state index in [2.05, 4.69) is 5.32 Å². The molecule has 0 aliphatic carbocycles. The van der Waals surface area contributed by atoms with Crippen LogP contribution in [0.5, 0.6) is 0 Å². The molecule has 0 unspecified atom stereocenters. The molecule has 0 saturated carbocycles. The minimum atomic E-state index is -0.762. The SMILES string of the molecule is O=C(Nc1ccccc1Sc1ccccc1)c1cc(F)ccc1F. The van der Waals surface area contributed by atoms with Crippen LogP contribution in [-0.4, -0.2) is 5.91 Å². The summed E-state index contributed by atoms with van der Waals surface area (Å²) in [5.74, 6) is -2.11. The van der Waals surface area contributed by atoms with Crippen molar-refractivity contribution in [3.05, 3.63) is 90.0 Å². The second-order valence-electron chi connectivity index (χ2n) is 4.99. The topological polar surface area (TPSA) is 29.1 Å². The third-order valence-corrected chi connectivity index (χ3v) is 4.36. The summed E-state index contributed by atoms with van der Waals surface area (Å²) in [6.07, 6.45) is 0. The van der Waals surface area contributed by atoms with Gasteiger partial charge < -0.3 is 5.32 Å². The van der Waals surface area contributed by atoms with Crippen LogP contribution < -0.4 is 5.32 Å². The Bertz CT molecular complexity index is 868. The van der Waals surface area contributed by atoms with E-state index in [4.69, 9.17) is 0 Å². The molecule has 24 heavy (non-hydrogen) atoms. The minimum Gasteiger partial charge on any atom is -0.321 e. The molecule has 0 atom stereocenters. The molecule has 3 rings (SSSR count). The average Bonchev–Trinajstić information content (AvgIpc) is 2.59. The highest BCUT2D eigenvalue weighted by Gasteiger charge is 2.14. The first kappa shape index (κ1) is 16.2. The van der Waals surface area contributed by atoms with E-state index in [1.165, 1.54) is 11.8 Å². The summed E-state index contributed by atoms with van der Waals surface area (Å²) >= 11 is 1.48. The molecule has 0 saturated heterocycles. The van der Waals surface area contributed by atoms with Gasteiger partial charge in [0.05, 0.1) is 11.3 Å². The van der Waals surface area contributed by atoms with Crippen molar-refractivity contribution in [2.24, 2.45) is 0 Å². The van der Waals surface area contributed by atoms with Crippen LogP contribution in [0.4, 0.5) is 14.5 Å². The van der Waals surface area contributed by atoms with Crippen molar-refractivity contribution >= 4 is 23.4 Å². The van der Waals surface area contributed by atoms with E-state index in [9.17, 15) is 13.6 Å². The standard InChI is InChI=1S/C19H13F2NOS/c20-13-10-11-16(21)15(12-13)19(23)22-17-8-4-5-9-18(17)24-14-6-2-1-3-7-14/h1-12H,(H,22,23). The van der Waals surface area contributed by atoms with Crippen molar-refractivity contribution in [3.8, 4) is 0 Å². The van der Waals surface area contributed by atoms with E-state index in [1.807, 2.05) is 42.5 Å². The van der Waals surface area contributed by atoms with Crippen LogP contribution in [-0.2, 0) is 0 Å². The number of para-hydroxylation sites is 1. The zero-order valence-electron chi connectivity index (χ0n) is 12.5. The minimum absolute atomic E-state index is 0.325. The maximum atomic E-state index is 13.7. The zero-order valence-corrected chi connectivity index (χ0v) is 13.3. The van der Waals surface area contributed by atoms with Crippen LogP contribution in [0.1, 0.15) is 10.4 Å². The van der Waals surface area contributed by atoms with Gasteiger partial charge in [0.2, 0.25) is 0 Å². The summed E-state index contributed by atoms with van der Waals surface area (Å²) in [7, 11) is 0. The van der Waals surface area contributed by atoms with E-state index in [1.54, 1.807) is 12.1 Å². The number of hydrogen-bond acceptors (Lipinski definition) is 2. The lowest BCUT2D eigenvalue weighted by Crippen LogP contribution is -2.14. The van der Waals surface area contributed by atoms with Gasteiger partial charge in [-0.05, 0) is 42.5 Å². The van der Waals surface area contributed by atoms with Gasteiger partial charge in [0, 0.05) is 9.79 Å². The first-order chi connectivity index (χ1) is 11.6. The normalized spacial score (nSPS) is 10.4. The Morgan fingerprint density at radius 2 is 1.58 bits per heavy atom. The fourth-order valence-corrected chi connectivity index (χ4v) is 3.06. The number of rotatable bonds is 4. The molecule has 3 aromatic carbocycles. The predicted molar refractivity (Wildman–Crippen MR) is 91.3 cm³/mol. The second-order valence-corrected chi connectivity index (χ2v) is 6.10. The second kappa shape index (κ2) is 7.27. The molecule has 0 spiro atoms. The Balaban J connectivity index is 1.85. The maximum Gasteiger partial charge on any atom is 0.258 e. The van der Waals surface area contributed by atoms with Crippen molar-refractivity contribution in [2.75, 3.05) is 5.32 Å². The van der Waals surface area contributed by atoms with Crippen molar-refractivity contribution in [1.82, 2.24) is 0 Å². The van der Waals surface area contributed by atoms with Gasteiger partial charge in [0.25, 0.3) is 5.91 Å². The van der Waals surface area contributed by atoms with Crippen LogP contribution >= 0.6 is 11.8 Å². The summed E-state index contributed by atoms with van der Waals surface area (Å²) in [6, 6.07) is 19.7. The van der Waals surface area contributed by atoms with E-state index in [0.29, 0.717) is 5.69 Å². The highest BCUT2D eigenvalue weighted by molar-refractivity contribution is 7.99. The molecule has 0 bridgehead atoms. The van der Waals surface area contributed by atoms with Crippen LogP contribution in [0.3, 0.4) is 0 Å². The number of amides is 1. The van der Waals surface area contributed by atoms with Crippen LogP contribution in [0.15, 0.2) is 82.6 Å². The Morgan fingerprint density at radius 3 is 2.38 bits per heavy atom. The van der Waals surface area contributed by atoms with Crippen LogP contribution in [0.25, 0.3) is 0 Å². The zero-order chi connectivity index (χ0) is 16.9. The first-order valence-corrected chi connectivity index (χ1v) is 8.03. The number of carbonyl (C=O) groups is 1. The van der Waals surface area contributed by atoms with Crippen molar-refractivity contribution in [3.63, 3.8) is 0 Å². The van der Waals surface area contributed by atoms with Gasteiger partial charge in [-0.25, -0.2) is 8.78 Å². The lowest BCUT2D eigenvalue weighted by atomic mass is 10.2. The molecule has 1 N–H and O–H groups in total. The molecule has 0 aliphatic heterocycles. The third-order valence-electron chi connectivity index (χ3n) is 3.28. The van der Waals surface area contributed by atoms with Gasteiger partial charge >= 0.3 is 0 Å². The lowest BCUT2D eigenvalue weighted by Gasteiger charge is -2.11. The molecule has 3 aromatic rings. The first-order valence-electron chi connectivity index (χ1n) is 7.22. The predicted octanol–water partition coefficient (Wildman–Crippen LogP) is 5.37. The van der Waals surface area contributed by atoms with Crippen molar-refractivity contribution in [2.45, 2.75) is 9.79 Å². The Hall–Kier alpha value is -2.66. The molecule has 0 fully saturated rings. The van der Waals surface area contributed by atoms with Crippen molar-refractivity contribution < 1.29 is 13.6 Å². The number of halogens is 2. The van der Waals surface area contributed by atoms with E-state index in [0.717, 1.165) is 28.0 Å². The molecule has 0 radical (unpaired) electrons. The van der Waals surface area contributed by atoms with Crippen LogP contribution in [0, 0.1) is 11.6 Å². The smallest absolute Gasteiger partial charge is 0.258 e. The highest BCUT2D eigenvalue weighted by Crippen LogP contribution is 2.33. The lowest BCUT2D eigenvalue weighted by molar-refractivity contribution is 0.102. The van der Waals surface area contributed by atoms with Gasteiger partial charge in [-0.2, -0.15) is 0 Å². The largest absolute Gasteiger partial charge is 0.321 e. The molecule has 120 valence electrons. The number of anilines is 1. The van der Waals surface area contributed by atoms with Crippen molar-refractivity contribution in [1.29, 1.82) is 0 Å². The molecule has 1 amide bonds. The Labute approximate surface area is 142 Å². The fourth-order valence-electron chi connectivity index (χ4n) is 2.14. The average molecular weight is 341 g/mol. The third kappa shape index (κ3) is 3.81. The van der Waals surface area contributed by atoms with E-state index >= 15 is 0 Å². The van der Waals surface area contributed by atoms with E-state index in [-0.39, 0.29) is 5.56 Å². The summed E-state index contributed by atoms with van der Waals surface area (Å²) in [4.78, 5) is 14.1. The molecular weight excluding hydrogens is 328 g/mol. The quantitative estimate of drug-likeness (QED) is 0.691. The van der Waals surface area contributed by atoms with Crippen LogP contribution in [0.2, 0.25) is 0 Å². The number of nitrogens with one attached hydrogen (secondary N) is 1. The Kier molecular flexibility index (Phi) is 4.91. The number of carbonyl (C=O) groups excluding carboxylic acids is 1. The molecular formula is C19H13F2NOS. The van der Waals surface area contributed by atoms with Gasteiger partial charge in [-0.15, -0.1) is 0 Å². The van der Waals surface area contributed by atoms with Gasteiger partial charge in [0.1, 0.15) is 11.6 Å². The van der Waals surface area contributed by atoms with Gasteiger partial charge in [0.15, 0.2) is 0 Å². The summed E-state index contributed by atoms with van der Waals surface area (Å²) in [6.45, 7) is 0. The molecule has 0 aliphatic rings. The van der Waals surface area contributed by atoms with Gasteiger partial charge in [-0.3, -0.25) is 4.79 Å². The number of benzene rings is 3. The fraction of sp³-hybridized carbons (Fsp3) is 0. The maximum absolute atomic E-state index is 13.7. The molecule has 5 heteroatoms. The summed E-state index contributed by atoms with van der Waals surface area (Å²) in [5, 5.41) is 2.65. The molecule has 0 heterocycles. The van der Waals surface area contributed by atoms with E-state index < -0.39 is 17.5 Å². The summed E-state index contributed by atoms with van der Waals surface area (Å²) < 4.78 is 27.0. The molecule has 2 nitrogen and oxygen atoms in total. The Morgan fingerprint density at radius 1 is 0.875 bits per heavy atom. The van der Waals surface area contributed by atoms with Gasteiger partial charge in [-0.1, -0.05) is 42.1 Å².